The summed E-state index contributed by atoms with van der Waals surface area (Å²) >= 11 is 0. The summed E-state index contributed by atoms with van der Waals surface area (Å²) in [5.41, 5.74) is 25.3. The van der Waals surface area contributed by atoms with Crippen LogP contribution in [0.5, 0.6) is 0 Å². The van der Waals surface area contributed by atoms with Crippen molar-refractivity contribution >= 4 is 11.4 Å². The standard InChI is InChI=1S/C33H46N2/c1-8-12-15-27-20-29(21-28(16-13-9-2)31(27)17-14-10-3)32-22-26(11-4)33(35(32)34)30-18-23(5)25(7)24(6)19-30/h18-22H,8-17H2,1-7H3. The molecular formula is C33H46N2. The van der Waals surface area contributed by atoms with Crippen molar-refractivity contribution in [2.75, 3.05) is 0 Å². The minimum absolute atomic E-state index is 0.891. The van der Waals surface area contributed by atoms with Gasteiger partial charge in [0, 0.05) is 22.8 Å². The van der Waals surface area contributed by atoms with Crippen molar-refractivity contribution < 1.29 is 4.70 Å². The molecule has 0 N–H and O–H groups in total. The Kier molecular flexibility index (Phi) is 9.66. The number of rotatable bonds is 12. The summed E-state index contributed by atoms with van der Waals surface area (Å²) in [6.45, 7) is 15.5. The molecule has 0 aromatic heterocycles. The summed E-state index contributed by atoms with van der Waals surface area (Å²) in [6.07, 6.45) is 13.8. The first-order valence-electron chi connectivity index (χ1n) is 14.0. The molecule has 0 saturated heterocycles. The fourth-order valence-electron chi connectivity index (χ4n) is 5.31. The van der Waals surface area contributed by atoms with Crippen molar-refractivity contribution in [1.82, 2.24) is 0 Å². The van der Waals surface area contributed by atoms with Crippen LogP contribution in [0.25, 0.3) is 16.9 Å². The quantitative estimate of drug-likeness (QED) is 0.276. The number of allylic oxidation sites excluding steroid dienone is 2. The zero-order chi connectivity index (χ0) is 25.5. The predicted octanol–water partition coefficient (Wildman–Crippen LogP) is 9.85. The maximum Gasteiger partial charge on any atom is 0.210 e. The van der Waals surface area contributed by atoms with Gasteiger partial charge in [0.05, 0.1) is 0 Å². The highest BCUT2D eigenvalue weighted by atomic mass is 15.2. The summed E-state index contributed by atoms with van der Waals surface area (Å²) < 4.78 is 1.47. The molecule has 1 heterocycles. The van der Waals surface area contributed by atoms with Crippen LogP contribution in [0.3, 0.4) is 0 Å². The van der Waals surface area contributed by atoms with E-state index in [-0.39, 0.29) is 0 Å². The maximum absolute atomic E-state index is 11.6. The van der Waals surface area contributed by atoms with E-state index in [2.05, 4.69) is 78.8 Å². The molecule has 1 aliphatic rings. The lowest BCUT2D eigenvalue weighted by atomic mass is 9.88. The lowest BCUT2D eigenvalue weighted by molar-refractivity contribution is -0.344. The van der Waals surface area contributed by atoms with E-state index in [0.717, 1.165) is 41.8 Å². The lowest BCUT2D eigenvalue weighted by Crippen LogP contribution is -2.07. The molecule has 2 nitrogen and oxygen atoms in total. The summed E-state index contributed by atoms with van der Waals surface area (Å²) in [7, 11) is 0. The average molecular weight is 471 g/mol. The molecule has 188 valence electrons. The number of benzene rings is 2. The Hall–Kier alpha value is -2.48. The fourth-order valence-corrected chi connectivity index (χ4v) is 5.31. The SMILES string of the molecule is CCCCc1cc(C2=CC(CC)=C(c3cc(C)c(C)c(C)c3)[N+]2=[N-])cc(CCCC)c1CCCC. The van der Waals surface area contributed by atoms with E-state index in [1.165, 1.54) is 83.0 Å². The molecule has 0 bridgehead atoms. The monoisotopic (exact) mass is 470 g/mol. The van der Waals surface area contributed by atoms with Crippen LogP contribution in [-0.4, -0.2) is 4.70 Å². The summed E-state index contributed by atoms with van der Waals surface area (Å²) in [5, 5.41) is 0. The van der Waals surface area contributed by atoms with E-state index < -0.39 is 0 Å². The zero-order valence-corrected chi connectivity index (χ0v) is 23.4. The van der Waals surface area contributed by atoms with Crippen molar-refractivity contribution in [2.24, 2.45) is 0 Å². The molecule has 2 aromatic carbocycles. The number of aryl methyl sites for hydroxylation is 4. The summed E-state index contributed by atoms with van der Waals surface area (Å²) in [6, 6.07) is 9.21. The second kappa shape index (κ2) is 12.5. The van der Waals surface area contributed by atoms with Crippen LogP contribution in [0.15, 0.2) is 35.9 Å². The first kappa shape index (κ1) is 27.1. The predicted molar refractivity (Wildman–Crippen MR) is 152 cm³/mol. The van der Waals surface area contributed by atoms with Gasteiger partial charge in [0.15, 0.2) is 0 Å². The third kappa shape index (κ3) is 6.02. The van der Waals surface area contributed by atoms with Gasteiger partial charge in [-0.15, -0.1) is 0 Å². The van der Waals surface area contributed by atoms with Crippen molar-refractivity contribution in [3.05, 3.63) is 86.0 Å². The molecule has 0 radical (unpaired) electrons. The molecule has 0 aliphatic carbocycles. The van der Waals surface area contributed by atoms with Crippen LogP contribution in [-0.2, 0) is 19.3 Å². The second-order valence-electron chi connectivity index (χ2n) is 10.4. The number of hydrogen-bond donors (Lipinski definition) is 0. The highest BCUT2D eigenvalue weighted by Crippen LogP contribution is 2.39. The van der Waals surface area contributed by atoms with Crippen molar-refractivity contribution in [1.29, 1.82) is 0 Å². The molecule has 2 aromatic rings. The van der Waals surface area contributed by atoms with Crippen molar-refractivity contribution in [2.45, 2.75) is 113 Å². The third-order valence-electron chi connectivity index (χ3n) is 7.75. The fraction of sp³-hybridized carbons (Fsp3) is 0.515. The number of hydrogen-bond acceptors (Lipinski definition) is 0. The summed E-state index contributed by atoms with van der Waals surface area (Å²) in [5.74, 6) is 0. The zero-order valence-electron chi connectivity index (χ0n) is 23.4. The Balaban J connectivity index is 2.09. The molecule has 0 saturated carbocycles. The van der Waals surface area contributed by atoms with Crippen LogP contribution in [0.2, 0.25) is 0 Å². The molecule has 35 heavy (non-hydrogen) atoms. The molecule has 0 fully saturated rings. The molecule has 2 heteroatoms. The van der Waals surface area contributed by atoms with E-state index in [1.807, 2.05) is 0 Å². The van der Waals surface area contributed by atoms with E-state index in [4.69, 9.17) is 0 Å². The van der Waals surface area contributed by atoms with Crippen molar-refractivity contribution in [3.63, 3.8) is 0 Å². The Labute approximate surface area is 214 Å². The van der Waals surface area contributed by atoms with Gasteiger partial charge in [-0.05, 0) is 123 Å². The molecule has 0 atom stereocenters. The summed E-state index contributed by atoms with van der Waals surface area (Å²) in [4.78, 5) is 0. The van der Waals surface area contributed by atoms with Crippen molar-refractivity contribution in [3.8, 4) is 0 Å². The molecule has 1 aliphatic heterocycles. The van der Waals surface area contributed by atoms with Gasteiger partial charge < -0.3 is 5.53 Å². The Bertz CT molecular complexity index is 1080. The molecule has 3 rings (SSSR count). The van der Waals surface area contributed by atoms with E-state index in [9.17, 15) is 5.53 Å². The topological polar surface area (TPSA) is 25.3 Å². The lowest BCUT2D eigenvalue weighted by Gasteiger charge is -2.18. The molecular weight excluding hydrogens is 424 g/mol. The van der Waals surface area contributed by atoms with Crippen LogP contribution in [0.1, 0.15) is 117 Å². The van der Waals surface area contributed by atoms with Crippen LogP contribution >= 0.6 is 0 Å². The minimum atomic E-state index is 0.891. The maximum atomic E-state index is 11.6. The van der Waals surface area contributed by atoms with Gasteiger partial charge in [-0.25, -0.2) is 4.70 Å². The second-order valence-corrected chi connectivity index (χ2v) is 10.4. The third-order valence-corrected chi connectivity index (χ3v) is 7.75. The molecule has 0 unspecified atom stereocenters. The normalized spacial score (nSPS) is 13.7. The van der Waals surface area contributed by atoms with E-state index in [0.29, 0.717) is 0 Å². The van der Waals surface area contributed by atoms with Gasteiger partial charge in [0.25, 0.3) is 0 Å². The first-order valence-corrected chi connectivity index (χ1v) is 14.0. The van der Waals surface area contributed by atoms with Gasteiger partial charge in [-0.3, -0.25) is 0 Å². The smallest absolute Gasteiger partial charge is 0.210 e. The Morgan fingerprint density at radius 2 is 1.20 bits per heavy atom. The highest BCUT2D eigenvalue weighted by Gasteiger charge is 2.29. The van der Waals surface area contributed by atoms with E-state index >= 15 is 0 Å². The van der Waals surface area contributed by atoms with Crippen LogP contribution in [0, 0.1) is 20.8 Å². The first-order chi connectivity index (χ1) is 16.9. The van der Waals surface area contributed by atoms with Gasteiger partial charge in [-0.1, -0.05) is 47.0 Å². The minimum Gasteiger partial charge on any atom is -0.493 e. The number of unbranched alkanes of at least 4 members (excludes halogenated alkanes) is 3. The van der Waals surface area contributed by atoms with Gasteiger partial charge >= 0.3 is 0 Å². The van der Waals surface area contributed by atoms with Gasteiger partial charge in [0.1, 0.15) is 0 Å². The highest BCUT2D eigenvalue weighted by molar-refractivity contribution is 5.79. The van der Waals surface area contributed by atoms with Gasteiger partial charge in [-0.2, -0.15) is 0 Å². The molecule has 0 spiro atoms. The molecule has 0 amide bonds. The van der Waals surface area contributed by atoms with Gasteiger partial charge in [0.2, 0.25) is 11.4 Å². The Morgan fingerprint density at radius 1 is 0.686 bits per heavy atom. The number of nitrogens with zero attached hydrogens (tertiary/aromatic N) is 2. The van der Waals surface area contributed by atoms with Crippen LogP contribution in [0.4, 0.5) is 0 Å². The average Bonchev–Trinajstić information content (AvgIpc) is 3.19. The Morgan fingerprint density at radius 3 is 1.69 bits per heavy atom. The van der Waals surface area contributed by atoms with E-state index in [1.54, 1.807) is 5.56 Å². The largest absolute Gasteiger partial charge is 0.493 e. The van der Waals surface area contributed by atoms with Crippen LogP contribution < -0.4 is 0 Å².